The highest BCUT2D eigenvalue weighted by Gasteiger charge is 2.17. The van der Waals surface area contributed by atoms with Gasteiger partial charge in [-0.3, -0.25) is 10.1 Å². The quantitative estimate of drug-likeness (QED) is 0.572. The van der Waals surface area contributed by atoms with Crippen LogP contribution in [0.15, 0.2) is 18.2 Å². The smallest absolute Gasteiger partial charge is 0.292 e. The number of rotatable bonds is 7. The van der Waals surface area contributed by atoms with Gasteiger partial charge in [0.2, 0.25) is 0 Å². The number of aliphatic hydroxyl groups excluding tert-OH is 1. The minimum absolute atomic E-state index is 0.0511. The first kappa shape index (κ1) is 14.3. The number of anilines is 1. The number of hydrogen-bond donors (Lipinski definition) is 2. The van der Waals surface area contributed by atoms with E-state index in [4.69, 9.17) is 9.84 Å². The minimum Gasteiger partial charge on any atom is -0.394 e. The van der Waals surface area contributed by atoms with Crippen LogP contribution in [-0.2, 0) is 4.74 Å². The molecule has 0 saturated carbocycles. The average Bonchev–Trinajstić information content (AvgIpc) is 2.34. The van der Waals surface area contributed by atoms with Gasteiger partial charge in [0, 0.05) is 25.8 Å². The molecule has 6 nitrogen and oxygen atoms in total. The third-order valence-corrected chi connectivity index (χ3v) is 2.41. The van der Waals surface area contributed by atoms with E-state index in [2.05, 4.69) is 5.32 Å². The number of nitrogens with zero attached hydrogens (tertiary/aromatic N) is 1. The number of nitro groups is 1. The molecule has 0 radical (unpaired) electrons. The topological polar surface area (TPSA) is 84.6 Å². The predicted octanol–water partition coefficient (Wildman–Crippen LogP) is 1.54. The number of ether oxygens (including phenoxy) is 1. The highest BCUT2D eigenvalue weighted by molar-refractivity contribution is 5.61. The van der Waals surface area contributed by atoms with Crippen molar-refractivity contribution >= 4 is 11.4 Å². The molecule has 0 aliphatic heterocycles. The third-order valence-electron chi connectivity index (χ3n) is 2.41. The molecule has 0 bridgehead atoms. The molecule has 0 spiro atoms. The summed E-state index contributed by atoms with van der Waals surface area (Å²) in [6, 6.07) is 2.72. The van der Waals surface area contributed by atoms with E-state index in [-0.39, 0.29) is 18.0 Å². The second-order valence-corrected chi connectivity index (χ2v) is 3.72. The lowest BCUT2D eigenvalue weighted by Crippen LogP contribution is -2.25. The van der Waals surface area contributed by atoms with Crippen molar-refractivity contribution in [2.24, 2.45) is 0 Å². The van der Waals surface area contributed by atoms with E-state index in [1.807, 2.05) is 0 Å². The second-order valence-electron chi connectivity index (χ2n) is 3.72. The summed E-state index contributed by atoms with van der Waals surface area (Å²) in [6.45, 7) is 0.165. The number of nitrogens with one attached hydrogen (secondary N) is 1. The normalized spacial score (nSPS) is 12.2. The first-order valence-corrected chi connectivity index (χ1v) is 5.38. The molecule has 1 unspecified atom stereocenters. The Bertz CT molecular complexity index is 414. The molecule has 0 aromatic heterocycles. The summed E-state index contributed by atoms with van der Waals surface area (Å²) in [5, 5.41) is 22.6. The molecule has 2 N–H and O–H groups in total. The van der Waals surface area contributed by atoms with Gasteiger partial charge in [0.25, 0.3) is 5.69 Å². The zero-order valence-electron chi connectivity index (χ0n) is 9.93. The van der Waals surface area contributed by atoms with Crippen molar-refractivity contribution in [1.29, 1.82) is 0 Å². The zero-order valence-corrected chi connectivity index (χ0v) is 9.93. The Balaban J connectivity index is 2.86. The van der Waals surface area contributed by atoms with Crippen LogP contribution in [0.2, 0.25) is 0 Å². The maximum absolute atomic E-state index is 13.1. The molecule has 0 fully saturated rings. The van der Waals surface area contributed by atoms with E-state index < -0.39 is 16.8 Å². The maximum atomic E-state index is 13.1. The molecular formula is C11H15FN2O4. The van der Waals surface area contributed by atoms with Gasteiger partial charge >= 0.3 is 0 Å². The summed E-state index contributed by atoms with van der Waals surface area (Å²) in [4.78, 5) is 10.2. The average molecular weight is 258 g/mol. The lowest BCUT2D eigenvalue weighted by atomic mass is 10.2. The van der Waals surface area contributed by atoms with Crippen molar-refractivity contribution < 1.29 is 19.2 Å². The molecule has 1 aromatic carbocycles. The second kappa shape index (κ2) is 6.87. The van der Waals surface area contributed by atoms with Crippen molar-refractivity contribution in [3.05, 3.63) is 34.1 Å². The summed E-state index contributed by atoms with van der Waals surface area (Å²) in [7, 11) is 1.51. The van der Waals surface area contributed by atoms with Crippen molar-refractivity contribution in [3.63, 3.8) is 0 Å². The van der Waals surface area contributed by atoms with Gasteiger partial charge in [-0.15, -0.1) is 0 Å². The van der Waals surface area contributed by atoms with E-state index in [9.17, 15) is 14.5 Å². The van der Waals surface area contributed by atoms with Crippen molar-refractivity contribution in [3.8, 4) is 0 Å². The first-order valence-electron chi connectivity index (χ1n) is 5.38. The fraction of sp³-hybridized carbons (Fsp3) is 0.455. The van der Waals surface area contributed by atoms with E-state index >= 15 is 0 Å². The lowest BCUT2D eigenvalue weighted by Gasteiger charge is -2.17. The van der Waals surface area contributed by atoms with E-state index in [1.165, 1.54) is 7.11 Å². The van der Waals surface area contributed by atoms with Crippen LogP contribution < -0.4 is 5.32 Å². The monoisotopic (exact) mass is 258 g/mol. The largest absolute Gasteiger partial charge is 0.394 e. The van der Waals surface area contributed by atoms with Crippen LogP contribution in [0.5, 0.6) is 0 Å². The van der Waals surface area contributed by atoms with Crippen LogP contribution in [0.25, 0.3) is 0 Å². The first-order chi connectivity index (χ1) is 8.58. The molecule has 1 aromatic rings. The molecule has 1 atom stereocenters. The SMILES string of the molecule is COCCC(CO)Nc1cc(F)ccc1[N+](=O)[O-]. The van der Waals surface area contributed by atoms with Crippen LogP contribution in [-0.4, -0.2) is 36.4 Å². The fourth-order valence-electron chi connectivity index (χ4n) is 1.47. The van der Waals surface area contributed by atoms with Gasteiger partial charge in [-0.25, -0.2) is 4.39 Å². The van der Waals surface area contributed by atoms with E-state index in [1.54, 1.807) is 0 Å². The molecule has 18 heavy (non-hydrogen) atoms. The Hall–Kier alpha value is -1.73. The number of benzene rings is 1. The molecular weight excluding hydrogens is 243 g/mol. The molecule has 100 valence electrons. The summed E-state index contributed by atoms with van der Waals surface area (Å²) < 4.78 is 17.9. The van der Waals surface area contributed by atoms with Gasteiger partial charge in [0.1, 0.15) is 11.5 Å². The standard InChI is InChI=1S/C11H15FN2O4/c1-18-5-4-9(7-15)13-10-6-8(12)2-3-11(10)14(16)17/h2-3,6,9,13,15H,4-5,7H2,1H3. The maximum Gasteiger partial charge on any atom is 0.292 e. The van der Waals surface area contributed by atoms with Gasteiger partial charge in [-0.2, -0.15) is 0 Å². The van der Waals surface area contributed by atoms with Crippen molar-refractivity contribution in [2.75, 3.05) is 25.6 Å². The van der Waals surface area contributed by atoms with Crippen LogP contribution in [0, 0.1) is 15.9 Å². The van der Waals surface area contributed by atoms with Crippen molar-refractivity contribution in [1.82, 2.24) is 0 Å². The van der Waals surface area contributed by atoms with Crippen LogP contribution in [0.4, 0.5) is 15.8 Å². The Morgan fingerprint density at radius 1 is 1.61 bits per heavy atom. The number of nitro benzene ring substituents is 1. The number of hydrogen-bond acceptors (Lipinski definition) is 5. The minimum atomic E-state index is -0.605. The van der Waals surface area contributed by atoms with E-state index in [0.29, 0.717) is 13.0 Å². The highest BCUT2D eigenvalue weighted by Crippen LogP contribution is 2.25. The summed E-state index contributed by atoms with van der Waals surface area (Å²) >= 11 is 0. The van der Waals surface area contributed by atoms with Gasteiger partial charge < -0.3 is 15.2 Å². The van der Waals surface area contributed by atoms with Crippen LogP contribution >= 0.6 is 0 Å². The lowest BCUT2D eigenvalue weighted by molar-refractivity contribution is -0.384. The molecule has 0 amide bonds. The fourth-order valence-corrected chi connectivity index (χ4v) is 1.47. The van der Waals surface area contributed by atoms with Gasteiger partial charge in [-0.1, -0.05) is 0 Å². The molecule has 0 aliphatic carbocycles. The Morgan fingerprint density at radius 2 is 2.33 bits per heavy atom. The Labute approximate surface area is 104 Å². The number of halogens is 1. The Kier molecular flexibility index (Phi) is 5.47. The summed E-state index contributed by atoms with van der Waals surface area (Å²) in [6.07, 6.45) is 0.459. The number of methoxy groups -OCH3 is 1. The number of aliphatic hydroxyl groups is 1. The highest BCUT2D eigenvalue weighted by atomic mass is 19.1. The molecule has 1 rings (SSSR count). The molecule has 7 heteroatoms. The van der Waals surface area contributed by atoms with Crippen LogP contribution in [0.1, 0.15) is 6.42 Å². The third kappa shape index (κ3) is 3.94. The summed E-state index contributed by atoms with van der Waals surface area (Å²) in [5.41, 5.74) is -0.178. The molecule has 0 heterocycles. The van der Waals surface area contributed by atoms with Gasteiger partial charge in [-0.05, 0) is 12.5 Å². The molecule has 0 aliphatic rings. The van der Waals surface area contributed by atoms with Gasteiger partial charge in [0.15, 0.2) is 0 Å². The van der Waals surface area contributed by atoms with Crippen LogP contribution in [0.3, 0.4) is 0 Å². The van der Waals surface area contributed by atoms with Gasteiger partial charge in [0.05, 0.1) is 17.6 Å². The predicted molar refractivity (Wildman–Crippen MR) is 64.0 cm³/mol. The van der Waals surface area contributed by atoms with E-state index in [0.717, 1.165) is 18.2 Å². The van der Waals surface area contributed by atoms with Crippen molar-refractivity contribution in [2.45, 2.75) is 12.5 Å². The summed E-state index contributed by atoms with van der Waals surface area (Å²) in [5.74, 6) is -0.577. The zero-order chi connectivity index (χ0) is 13.5. The molecule has 0 saturated heterocycles. The Morgan fingerprint density at radius 3 is 2.89 bits per heavy atom.